The molecule has 2 nitrogen and oxygen atoms in total. The molecule has 66 valence electrons. The molecule has 3 rings (SSSR count). The van der Waals surface area contributed by atoms with Crippen LogP contribution in [0.15, 0.2) is 0 Å². The maximum Gasteiger partial charge on any atom is 0.309 e. The van der Waals surface area contributed by atoms with Crippen LogP contribution in [-0.2, 0) is 9.53 Å². The van der Waals surface area contributed by atoms with Crippen molar-refractivity contribution in [1.82, 2.24) is 0 Å². The third-order valence-corrected chi connectivity index (χ3v) is 4.27. The highest BCUT2D eigenvalue weighted by atomic mass is 16.5. The van der Waals surface area contributed by atoms with E-state index in [4.69, 9.17) is 4.74 Å². The second-order valence-corrected chi connectivity index (χ2v) is 4.93. The van der Waals surface area contributed by atoms with Gasteiger partial charge < -0.3 is 4.74 Å². The van der Waals surface area contributed by atoms with Gasteiger partial charge in [0.2, 0.25) is 0 Å². The van der Waals surface area contributed by atoms with Gasteiger partial charge in [-0.3, -0.25) is 4.79 Å². The van der Waals surface area contributed by atoms with Crippen molar-refractivity contribution in [1.29, 1.82) is 0 Å². The molecule has 0 spiro atoms. The molecule has 3 aliphatic rings. The van der Waals surface area contributed by atoms with Gasteiger partial charge in [-0.05, 0) is 30.6 Å². The van der Waals surface area contributed by atoms with Crippen molar-refractivity contribution < 1.29 is 9.53 Å². The van der Waals surface area contributed by atoms with Crippen molar-refractivity contribution in [2.45, 2.75) is 26.2 Å². The minimum Gasteiger partial charge on any atom is -0.465 e. The lowest BCUT2D eigenvalue weighted by Crippen LogP contribution is -2.30. The fourth-order valence-corrected chi connectivity index (χ4v) is 3.71. The smallest absolute Gasteiger partial charge is 0.309 e. The third kappa shape index (κ3) is 0.606. The summed E-state index contributed by atoms with van der Waals surface area (Å²) in [4.78, 5) is 11.4. The maximum atomic E-state index is 11.4. The number of fused-ring (bicyclic) bond motifs is 5. The van der Waals surface area contributed by atoms with E-state index in [1.54, 1.807) is 0 Å². The summed E-state index contributed by atoms with van der Waals surface area (Å²) in [6, 6.07) is 0. The SMILES string of the molecule is C[C@]12CCC(C1)C1COC(=O)C12. The lowest BCUT2D eigenvalue weighted by molar-refractivity contribution is -0.144. The first-order chi connectivity index (χ1) is 5.71. The van der Waals surface area contributed by atoms with Gasteiger partial charge in [-0.15, -0.1) is 0 Å². The van der Waals surface area contributed by atoms with Gasteiger partial charge in [-0.1, -0.05) is 6.92 Å². The van der Waals surface area contributed by atoms with Crippen LogP contribution in [0.5, 0.6) is 0 Å². The summed E-state index contributed by atoms with van der Waals surface area (Å²) < 4.78 is 5.13. The molecule has 1 aliphatic heterocycles. The summed E-state index contributed by atoms with van der Waals surface area (Å²) in [5.41, 5.74) is 0.308. The molecule has 2 saturated carbocycles. The normalized spacial score (nSPS) is 55.8. The molecule has 0 aromatic rings. The summed E-state index contributed by atoms with van der Waals surface area (Å²) in [6.45, 7) is 2.98. The van der Waals surface area contributed by atoms with Gasteiger partial charge in [0.1, 0.15) is 0 Å². The summed E-state index contributed by atoms with van der Waals surface area (Å²) in [5.74, 6) is 1.73. The van der Waals surface area contributed by atoms with Crippen LogP contribution < -0.4 is 0 Å². The van der Waals surface area contributed by atoms with Crippen molar-refractivity contribution in [3.63, 3.8) is 0 Å². The van der Waals surface area contributed by atoms with Crippen LogP contribution >= 0.6 is 0 Å². The molecular weight excluding hydrogens is 152 g/mol. The Balaban J connectivity index is 2.03. The molecule has 1 saturated heterocycles. The fourth-order valence-electron chi connectivity index (χ4n) is 3.71. The first kappa shape index (κ1) is 6.93. The van der Waals surface area contributed by atoms with E-state index in [0.29, 0.717) is 17.9 Å². The molecule has 2 aliphatic carbocycles. The van der Waals surface area contributed by atoms with Crippen molar-refractivity contribution >= 4 is 5.97 Å². The number of carbonyl (C=O) groups excluding carboxylic acids is 1. The highest BCUT2D eigenvalue weighted by Gasteiger charge is 2.61. The second kappa shape index (κ2) is 1.86. The number of hydrogen-bond acceptors (Lipinski definition) is 2. The maximum absolute atomic E-state index is 11.4. The molecule has 0 aromatic heterocycles. The number of rotatable bonds is 0. The molecular formula is C10H14O2. The Kier molecular flexibility index (Phi) is 1.07. The lowest BCUT2D eigenvalue weighted by atomic mass is 9.73. The Morgan fingerprint density at radius 2 is 2.42 bits per heavy atom. The number of esters is 1. The van der Waals surface area contributed by atoms with Crippen molar-refractivity contribution in [3.8, 4) is 0 Å². The molecule has 3 unspecified atom stereocenters. The number of ether oxygens (including phenoxy) is 1. The van der Waals surface area contributed by atoms with Crippen molar-refractivity contribution in [2.24, 2.45) is 23.2 Å². The monoisotopic (exact) mass is 166 g/mol. The van der Waals surface area contributed by atoms with Crippen molar-refractivity contribution in [2.75, 3.05) is 6.61 Å². The van der Waals surface area contributed by atoms with E-state index >= 15 is 0 Å². The number of carbonyl (C=O) groups is 1. The van der Waals surface area contributed by atoms with E-state index in [1.165, 1.54) is 19.3 Å². The average molecular weight is 166 g/mol. The molecule has 0 N–H and O–H groups in total. The minimum atomic E-state index is 0.0877. The lowest BCUT2D eigenvalue weighted by Gasteiger charge is -2.28. The molecule has 3 fully saturated rings. The van der Waals surface area contributed by atoms with Gasteiger partial charge in [-0.2, -0.15) is 0 Å². The highest BCUT2D eigenvalue weighted by Crippen LogP contribution is 2.62. The van der Waals surface area contributed by atoms with Crippen LogP contribution in [0, 0.1) is 23.2 Å². The second-order valence-electron chi connectivity index (χ2n) is 4.93. The van der Waals surface area contributed by atoms with Gasteiger partial charge >= 0.3 is 5.97 Å². The predicted molar refractivity (Wildman–Crippen MR) is 43.4 cm³/mol. The largest absolute Gasteiger partial charge is 0.465 e. The average Bonchev–Trinajstić information content (AvgIpc) is 2.61. The molecule has 2 bridgehead atoms. The van der Waals surface area contributed by atoms with E-state index < -0.39 is 0 Å². The van der Waals surface area contributed by atoms with Crippen LogP contribution in [0.3, 0.4) is 0 Å². The van der Waals surface area contributed by atoms with Gasteiger partial charge in [0.05, 0.1) is 12.5 Å². The third-order valence-electron chi connectivity index (χ3n) is 4.27. The highest BCUT2D eigenvalue weighted by molar-refractivity contribution is 5.76. The van der Waals surface area contributed by atoms with Gasteiger partial charge in [0.15, 0.2) is 0 Å². The van der Waals surface area contributed by atoms with Crippen molar-refractivity contribution in [3.05, 3.63) is 0 Å². The summed E-state index contributed by atoms with van der Waals surface area (Å²) in [6.07, 6.45) is 3.85. The Morgan fingerprint density at radius 1 is 1.58 bits per heavy atom. The van der Waals surface area contributed by atoms with Crippen LogP contribution in [0.2, 0.25) is 0 Å². The zero-order valence-corrected chi connectivity index (χ0v) is 7.38. The molecule has 1 heterocycles. The fraction of sp³-hybridized carbons (Fsp3) is 0.900. The van der Waals surface area contributed by atoms with Gasteiger partial charge in [0.25, 0.3) is 0 Å². The zero-order chi connectivity index (χ0) is 8.34. The molecule has 4 atom stereocenters. The molecule has 0 radical (unpaired) electrons. The summed E-state index contributed by atoms with van der Waals surface area (Å²) >= 11 is 0. The van der Waals surface area contributed by atoms with E-state index in [9.17, 15) is 4.79 Å². The Morgan fingerprint density at radius 3 is 3.17 bits per heavy atom. The zero-order valence-electron chi connectivity index (χ0n) is 7.38. The predicted octanol–water partition coefficient (Wildman–Crippen LogP) is 1.60. The quantitative estimate of drug-likeness (QED) is 0.511. The van der Waals surface area contributed by atoms with E-state index in [0.717, 1.165) is 5.92 Å². The topological polar surface area (TPSA) is 26.3 Å². The number of hydrogen-bond donors (Lipinski definition) is 0. The first-order valence-electron chi connectivity index (χ1n) is 4.87. The van der Waals surface area contributed by atoms with Crippen LogP contribution in [0.1, 0.15) is 26.2 Å². The Bertz CT molecular complexity index is 248. The van der Waals surface area contributed by atoms with Crippen LogP contribution in [0.25, 0.3) is 0 Å². The molecule has 0 aromatic carbocycles. The first-order valence-corrected chi connectivity index (χ1v) is 4.87. The van der Waals surface area contributed by atoms with Crippen LogP contribution in [0.4, 0.5) is 0 Å². The Labute approximate surface area is 72.3 Å². The summed E-state index contributed by atoms with van der Waals surface area (Å²) in [7, 11) is 0. The molecule has 2 heteroatoms. The molecule has 0 amide bonds. The standard InChI is InChI=1S/C10H14O2/c1-10-3-2-6(4-10)7-5-12-9(11)8(7)10/h6-8H,2-5H2,1H3/t6?,7?,8?,10-/m0/s1. The number of cyclic esters (lactones) is 1. The van der Waals surface area contributed by atoms with E-state index in [2.05, 4.69) is 6.92 Å². The summed E-state index contributed by atoms with van der Waals surface area (Å²) in [5, 5.41) is 0. The van der Waals surface area contributed by atoms with E-state index in [1.807, 2.05) is 0 Å². The van der Waals surface area contributed by atoms with E-state index in [-0.39, 0.29) is 11.9 Å². The minimum absolute atomic E-state index is 0.0877. The molecule has 12 heavy (non-hydrogen) atoms. The Hall–Kier alpha value is -0.530. The van der Waals surface area contributed by atoms with Crippen LogP contribution in [-0.4, -0.2) is 12.6 Å². The van der Waals surface area contributed by atoms with Gasteiger partial charge in [0, 0.05) is 5.92 Å². The van der Waals surface area contributed by atoms with Gasteiger partial charge in [-0.25, -0.2) is 0 Å².